The Kier molecular flexibility index (Phi) is 6.59. The highest BCUT2D eigenvalue weighted by Gasteiger charge is 2.19. The van der Waals surface area contributed by atoms with E-state index >= 15 is 0 Å². The van der Waals surface area contributed by atoms with Gasteiger partial charge in [0.25, 0.3) is 0 Å². The van der Waals surface area contributed by atoms with Gasteiger partial charge in [-0.1, -0.05) is 109 Å². The third-order valence-corrected chi connectivity index (χ3v) is 12.4. The Labute approximate surface area is 307 Å². The topological polar surface area (TPSA) is 29.3 Å². The smallest absolute Gasteiger partial charge is 0.137 e. The number of aromatic nitrogens is 1. The molecule has 0 saturated heterocycles. The molecular formula is C47H28N2OS2. The number of rotatable bonds is 5. The largest absolute Gasteiger partial charge is 0.456 e. The van der Waals surface area contributed by atoms with Crippen LogP contribution in [0.3, 0.4) is 0 Å². The summed E-state index contributed by atoms with van der Waals surface area (Å²) in [5.41, 5.74) is 9.62. The molecule has 0 bridgehead atoms. The quantitative estimate of drug-likeness (QED) is 0.179. The van der Waals surface area contributed by atoms with Crippen molar-refractivity contribution in [3.8, 4) is 21.7 Å². The number of fused-ring (bicyclic) bond motifs is 9. The van der Waals surface area contributed by atoms with Gasteiger partial charge in [-0.15, -0.1) is 22.7 Å². The van der Waals surface area contributed by atoms with Crippen LogP contribution in [-0.4, -0.2) is 4.98 Å². The molecule has 0 saturated carbocycles. The highest BCUT2D eigenvalue weighted by Crippen LogP contribution is 2.46. The van der Waals surface area contributed by atoms with E-state index in [9.17, 15) is 0 Å². The van der Waals surface area contributed by atoms with Crippen molar-refractivity contribution in [1.29, 1.82) is 0 Å². The van der Waals surface area contributed by atoms with Crippen LogP contribution in [0, 0.1) is 0 Å². The Morgan fingerprint density at radius 3 is 2.06 bits per heavy atom. The number of para-hydroxylation sites is 1. The number of benzene rings is 8. The summed E-state index contributed by atoms with van der Waals surface area (Å²) in [6, 6.07) is 60.7. The first kappa shape index (κ1) is 29.5. The number of hydrogen-bond donors (Lipinski definition) is 0. The Hall–Kier alpha value is -6.27. The maximum atomic E-state index is 6.39. The lowest BCUT2D eigenvalue weighted by atomic mass is 9.98. The summed E-state index contributed by atoms with van der Waals surface area (Å²) >= 11 is 3.62. The van der Waals surface area contributed by atoms with E-state index in [0.717, 1.165) is 55.1 Å². The first-order chi connectivity index (χ1) is 25.7. The van der Waals surface area contributed by atoms with Gasteiger partial charge in [-0.2, -0.15) is 0 Å². The predicted octanol–water partition coefficient (Wildman–Crippen LogP) is 14.5. The van der Waals surface area contributed by atoms with Crippen LogP contribution in [0.1, 0.15) is 0 Å². The first-order valence-electron chi connectivity index (χ1n) is 17.4. The zero-order chi connectivity index (χ0) is 34.2. The van der Waals surface area contributed by atoms with Gasteiger partial charge in [-0.25, -0.2) is 4.98 Å². The van der Waals surface area contributed by atoms with E-state index in [1.807, 2.05) is 23.5 Å². The second kappa shape index (κ2) is 11.6. The molecule has 0 N–H and O–H groups in total. The van der Waals surface area contributed by atoms with Crippen LogP contribution in [0.25, 0.3) is 84.8 Å². The normalized spacial score (nSPS) is 11.8. The van der Waals surface area contributed by atoms with Crippen LogP contribution in [0.2, 0.25) is 0 Å². The van der Waals surface area contributed by atoms with Gasteiger partial charge in [0.15, 0.2) is 0 Å². The summed E-state index contributed by atoms with van der Waals surface area (Å²) in [7, 11) is 0. The lowest BCUT2D eigenvalue weighted by Crippen LogP contribution is -2.09. The molecule has 0 aliphatic rings. The van der Waals surface area contributed by atoms with Gasteiger partial charge in [0.2, 0.25) is 0 Å². The molecule has 52 heavy (non-hydrogen) atoms. The monoisotopic (exact) mass is 700 g/mol. The minimum Gasteiger partial charge on any atom is -0.456 e. The second-order valence-corrected chi connectivity index (χ2v) is 15.2. The number of anilines is 3. The number of nitrogens with zero attached hydrogens (tertiary/aromatic N) is 2. The maximum Gasteiger partial charge on any atom is 0.137 e. The van der Waals surface area contributed by atoms with E-state index in [1.165, 1.54) is 46.8 Å². The molecule has 0 atom stereocenters. The van der Waals surface area contributed by atoms with Crippen LogP contribution in [0.5, 0.6) is 0 Å². The van der Waals surface area contributed by atoms with E-state index in [1.54, 1.807) is 11.3 Å². The summed E-state index contributed by atoms with van der Waals surface area (Å²) in [4.78, 5) is 7.38. The van der Waals surface area contributed by atoms with Crippen LogP contribution in [0.15, 0.2) is 174 Å². The average Bonchev–Trinajstić information content (AvgIpc) is 3.91. The van der Waals surface area contributed by atoms with Crippen molar-refractivity contribution in [2.75, 3.05) is 4.90 Å². The molecule has 5 heteroatoms. The van der Waals surface area contributed by atoms with Crippen LogP contribution in [-0.2, 0) is 0 Å². The van der Waals surface area contributed by atoms with Crippen molar-refractivity contribution in [3.05, 3.63) is 170 Å². The minimum absolute atomic E-state index is 0.876. The van der Waals surface area contributed by atoms with Gasteiger partial charge in [-0.05, 0) is 76.5 Å². The highest BCUT2D eigenvalue weighted by molar-refractivity contribution is 7.28. The summed E-state index contributed by atoms with van der Waals surface area (Å²) in [5.74, 6) is 0. The molecule has 3 aromatic heterocycles. The van der Waals surface area contributed by atoms with Gasteiger partial charge in [-0.3, -0.25) is 0 Å². The summed E-state index contributed by atoms with van der Waals surface area (Å²) in [6.45, 7) is 0. The van der Waals surface area contributed by atoms with Gasteiger partial charge in [0.1, 0.15) is 16.2 Å². The zero-order valence-electron chi connectivity index (χ0n) is 27.8. The number of thiazole rings is 1. The average molecular weight is 701 g/mol. The van der Waals surface area contributed by atoms with Crippen molar-refractivity contribution in [1.82, 2.24) is 4.98 Å². The fraction of sp³-hybridized carbons (Fsp3) is 0. The van der Waals surface area contributed by atoms with Crippen molar-refractivity contribution in [3.63, 3.8) is 0 Å². The fourth-order valence-electron chi connectivity index (χ4n) is 7.65. The molecule has 3 heterocycles. The Morgan fingerprint density at radius 1 is 0.462 bits per heavy atom. The van der Waals surface area contributed by atoms with Crippen LogP contribution in [0.4, 0.5) is 17.1 Å². The Balaban J connectivity index is 1.07. The molecule has 0 aliphatic carbocycles. The molecule has 11 rings (SSSR count). The second-order valence-electron chi connectivity index (χ2n) is 13.1. The molecule has 0 unspecified atom stereocenters. The highest BCUT2D eigenvalue weighted by atomic mass is 32.1. The summed E-state index contributed by atoms with van der Waals surface area (Å²) in [6.07, 6.45) is 0. The summed E-state index contributed by atoms with van der Waals surface area (Å²) in [5, 5.41) is 8.35. The molecule has 0 spiro atoms. The first-order valence-corrected chi connectivity index (χ1v) is 19.0. The van der Waals surface area contributed by atoms with Crippen molar-refractivity contribution in [2.24, 2.45) is 0 Å². The lowest BCUT2D eigenvalue weighted by Gasteiger charge is -2.26. The SMILES string of the molecule is c1ccc(-c2nc3ccc4sc5cc(N(c6ccc(-c7cccc8ccccc78)cc6)c6ccc7c(c6)oc6ccccc67)ccc5c4c3s2)cc1. The Morgan fingerprint density at radius 2 is 1.17 bits per heavy atom. The molecule has 3 nitrogen and oxygen atoms in total. The predicted molar refractivity (Wildman–Crippen MR) is 223 cm³/mol. The van der Waals surface area contributed by atoms with Gasteiger partial charge in [0, 0.05) is 59.6 Å². The molecule has 11 aromatic rings. The van der Waals surface area contributed by atoms with Gasteiger partial charge in [0.05, 0.1) is 10.2 Å². The molecule has 8 aromatic carbocycles. The van der Waals surface area contributed by atoms with Crippen LogP contribution < -0.4 is 4.90 Å². The standard InChI is InChI=1S/C47H28N2OS2/c1-2-10-31(11-3-1)47-48-40-25-26-43-45(46(40)52-47)39-24-22-34(28-44(39)51-43)49(33-21-23-38-37-14-6-7-16-41(37)50-42(38)27-33)32-19-17-30(18-20-32)36-15-8-12-29-9-4-5-13-35(29)36/h1-28H. The molecular weight excluding hydrogens is 673 g/mol. The third-order valence-electron chi connectivity index (χ3n) is 10.1. The van der Waals surface area contributed by atoms with E-state index in [2.05, 4.69) is 163 Å². The van der Waals surface area contributed by atoms with Crippen molar-refractivity contribution >= 4 is 103 Å². The van der Waals surface area contributed by atoms with E-state index in [0.29, 0.717) is 0 Å². The van der Waals surface area contributed by atoms with Crippen molar-refractivity contribution in [2.45, 2.75) is 0 Å². The third kappa shape index (κ3) is 4.67. The summed E-state index contributed by atoms with van der Waals surface area (Å²) < 4.78 is 10.2. The van der Waals surface area contributed by atoms with Crippen LogP contribution >= 0.6 is 22.7 Å². The minimum atomic E-state index is 0.876. The van der Waals surface area contributed by atoms with Gasteiger partial charge < -0.3 is 9.32 Å². The molecule has 0 fully saturated rings. The van der Waals surface area contributed by atoms with E-state index in [-0.39, 0.29) is 0 Å². The molecule has 0 aliphatic heterocycles. The lowest BCUT2D eigenvalue weighted by molar-refractivity contribution is 0.669. The molecule has 244 valence electrons. The Bertz CT molecular complexity index is 3130. The van der Waals surface area contributed by atoms with E-state index < -0.39 is 0 Å². The van der Waals surface area contributed by atoms with E-state index in [4.69, 9.17) is 9.40 Å². The fourth-order valence-corrected chi connectivity index (χ4v) is 9.99. The zero-order valence-corrected chi connectivity index (χ0v) is 29.4. The molecule has 0 radical (unpaired) electrons. The number of thiophene rings is 1. The molecule has 0 amide bonds. The van der Waals surface area contributed by atoms with Crippen molar-refractivity contribution < 1.29 is 4.42 Å². The van der Waals surface area contributed by atoms with Gasteiger partial charge >= 0.3 is 0 Å². The number of hydrogen-bond acceptors (Lipinski definition) is 5. The number of furan rings is 1. The maximum absolute atomic E-state index is 6.39.